The molecule has 2 aromatic rings. The summed E-state index contributed by atoms with van der Waals surface area (Å²) in [6, 6.07) is 11.2. The van der Waals surface area contributed by atoms with Crippen molar-refractivity contribution in [1.82, 2.24) is 15.3 Å². The van der Waals surface area contributed by atoms with Crippen molar-refractivity contribution in [1.29, 1.82) is 0 Å². The number of ether oxygens (including phenoxy) is 2. The Kier molecular flexibility index (Phi) is 6.73. The van der Waals surface area contributed by atoms with E-state index in [1.165, 1.54) is 0 Å². The topological polar surface area (TPSA) is 90.4 Å². The zero-order chi connectivity index (χ0) is 20.6. The van der Waals surface area contributed by atoms with E-state index in [-0.39, 0.29) is 25.6 Å². The van der Waals surface area contributed by atoms with Crippen LogP contribution in [0.5, 0.6) is 0 Å². The lowest BCUT2D eigenvalue weighted by Crippen LogP contribution is -2.24. The number of pyridine rings is 2. The van der Waals surface area contributed by atoms with Gasteiger partial charge in [-0.3, -0.25) is 9.97 Å². The molecule has 0 atom stereocenters. The van der Waals surface area contributed by atoms with Crippen LogP contribution in [0.4, 0.5) is 0 Å². The Balaban J connectivity index is 1.70. The van der Waals surface area contributed by atoms with Gasteiger partial charge in [-0.1, -0.05) is 12.1 Å². The van der Waals surface area contributed by atoms with Crippen LogP contribution in [-0.2, 0) is 19.1 Å². The van der Waals surface area contributed by atoms with Gasteiger partial charge in [0.15, 0.2) is 0 Å². The molecule has 0 fully saturated rings. The fourth-order valence-electron chi connectivity index (χ4n) is 2.97. The van der Waals surface area contributed by atoms with Gasteiger partial charge in [0.25, 0.3) is 0 Å². The number of carbonyl (C=O) groups excluding carboxylic acids is 2. The molecule has 1 aliphatic heterocycles. The highest BCUT2D eigenvalue weighted by molar-refractivity contribution is 5.96. The van der Waals surface area contributed by atoms with Crippen LogP contribution < -0.4 is 5.32 Å². The predicted molar refractivity (Wildman–Crippen MR) is 106 cm³/mol. The number of carbonyl (C=O) groups is 2. The molecule has 0 unspecified atom stereocenters. The van der Waals surface area contributed by atoms with Crippen molar-refractivity contribution in [2.75, 3.05) is 13.2 Å². The summed E-state index contributed by atoms with van der Waals surface area (Å²) in [5, 5.41) is 2.94. The Morgan fingerprint density at radius 1 is 1.03 bits per heavy atom. The van der Waals surface area contributed by atoms with Gasteiger partial charge < -0.3 is 14.8 Å². The van der Waals surface area contributed by atoms with Crippen LogP contribution in [0.25, 0.3) is 0 Å². The molecule has 7 nitrogen and oxygen atoms in total. The van der Waals surface area contributed by atoms with Crippen LogP contribution >= 0.6 is 0 Å². The third-order valence-electron chi connectivity index (χ3n) is 4.54. The Labute approximate surface area is 169 Å². The molecular weight excluding hydrogens is 370 g/mol. The summed E-state index contributed by atoms with van der Waals surface area (Å²) in [4.78, 5) is 33.5. The molecule has 0 saturated carbocycles. The monoisotopic (exact) mass is 393 g/mol. The largest absolute Gasteiger partial charge is 0.463 e. The number of nitrogens with zero attached hydrogens (tertiary/aromatic N) is 2. The first-order valence-corrected chi connectivity index (χ1v) is 9.41. The number of esters is 2. The maximum atomic E-state index is 12.7. The summed E-state index contributed by atoms with van der Waals surface area (Å²) in [6.45, 7) is 3.87. The smallest absolute Gasteiger partial charge is 0.336 e. The molecule has 0 aliphatic carbocycles. The van der Waals surface area contributed by atoms with Crippen LogP contribution in [-0.4, -0.2) is 35.1 Å². The van der Waals surface area contributed by atoms with E-state index in [9.17, 15) is 9.59 Å². The molecule has 1 aliphatic rings. The fraction of sp³-hybridized carbons (Fsp3) is 0.273. The molecule has 0 aromatic carbocycles. The van der Waals surface area contributed by atoms with E-state index in [1.54, 1.807) is 32.4 Å². The third-order valence-corrected chi connectivity index (χ3v) is 4.54. The minimum atomic E-state index is -0.497. The van der Waals surface area contributed by atoms with Gasteiger partial charge in [-0.15, -0.1) is 0 Å². The Morgan fingerprint density at radius 3 is 2.24 bits per heavy atom. The lowest BCUT2D eigenvalue weighted by molar-refractivity contribution is -0.139. The molecule has 0 radical (unpaired) electrons. The van der Waals surface area contributed by atoms with Crippen LogP contribution in [0.1, 0.15) is 37.6 Å². The predicted octanol–water partition coefficient (Wildman–Crippen LogP) is 2.87. The quantitative estimate of drug-likeness (QED) is 0.723. The van der Waals surface area contributed by atoms with Crippen LogP contribution in [0.3, 0.4) is 0 Å². The zero-order valence-electron chi connectivity index (χ0n) is 16.4. The van der Waals surface area contributed by atoms with Crippen molar-refractivity contribution < 1.29 is 19.1 Å². The summed E-state index contributed by atoms with van der Waals surface area (Å²) >= 11 is 0. The number of hydrogen-bond donors (Lipinski definition) is 1. The summed E-state index contributed by atoms with van der Waals surface area (Å²) in [5.74, 6) is -1.22. The molecule has 1 N–H and O–H groups in total. The Morgan fingerprint density at radius 2 is 1.69 bits per heavy atom. The molecule has 0 bridgehead atoms. The molecule has 3 heterocycles. The average molecular weight is 393 g/mol. The number of aromatic nitrogens is 2. The van der Waals surface area contributed by atoms with E-state index in [0.29, 0.717) is 16.8 Å². The maximum absolute atomic E-state index is 12.7. The standard InChI is InChI=1S/C22H23N3O4/c1-3-28-22(27)17-12-16(13-25-15(17)2)21(26)29-14-18(19-8-4-6-10-23-19)20-9-5-7-11-24-20/h4-11,13,18,25H,3,12,14H2,1-2H3. The molecule has 0 saturated heterocycles. The summed E-state index contributed by atoms with van der Waals surface area (Å²) in [5.41, 5.74) is 2.97. The fourth-order valence-corrected chi connectivity index (χ4v) is 2.97. The Bertz CT molecular complexity index is 884. The lowest BCUT2D eigenvalue weighted by Gasteiger charge is -2.20. The van der Waals surface area contributed by atoms with Crippen molar-refractivity contribution >= 4 is 11.9 Å². The van der Waals surface area contributed by atoms with Crippen LogP contribution in [0.15, 0.2) is 71.8 Å². The maximum Gasteiger partial charge on any atom is 0.336 e. The first-order chi connectivity index (χ1) is 14.1. The first kappa shape index (κ1) is 20.3. The van der Waals surface area contributed by atoms with Gasteiger partial charge in [-0.25, -0.2) is 9.59 Å². The lowest BCUT2D eigenvalue weighted by atomic mass is 10.00. The van der Waals surface area contributed by atoms with Crippen LogP contribution in [0.2, 0.25) is 0 Å². The Hall–Kier alpha value is -3.48. The van der Waals surface area contributed by atoms with Crippen molar-refractivity contribution in [3.8, 4) is 0 Å². The zero-order valence-corrected chi connectivity index (χ0v) is 16.4. The van der Waals surface area contributed by atoms with Gasteiger partial charge in [0.1, 0.15) is 6.61 Å². The summed E-state index contributed by atoms with van der Waals surface area (Å²) in [6.07, 6.45) is 5.12. The average Bonchev–Trinajstić information content (AvgIpc) is 2.75. The van der Waals surface area contributed by atoms with Gasteiger partial charge in [0.05, 0.1) is 35.1 Å². The van der Waals surface area contributed by atoms with E-state index in [2.05, 4.69) is 15.3 Å². The van der Waals surface area contributed by atoms with E-state index in [4.69, 9.17) is 9.47 Å². The second-order valence-corrected chi connectivity index (χ2v) is 6.47. The molecule has 0 amide bonds. The van der Waals surface area contributed by atoms with Crippen molar-refractivity contribution in [3.63, 3.8) is 0 Å². The molecule has 150 valence electrons. The van der Waals surface area contributed by atoms with E-state index < -0.39 is 11.9 Å². The van der Waals surface area contributed by atoms with Crippen molar-refractivity contribution in [2.24, 2.45) is 0 Å². The normalized spacial score (nSPS) is 13.6. The highest BCUT2D eigenvalue weighted by Crippen LogP contribution is 2.24. The molecule has 3 rings (SSSR count). The SMILES string of the molecule is CCOC(=O)C1=C(C)NC=C(C(=O)OCC(c2ccccn2)c2ccccn2)C1. The number of dihydropyridines is 1. The minimum Gasteiger partial charge on any atom is -0.463 e. The number of rotatable bonds is 7. The molecule has 2 aromatic heterocycles. The molecular formula is C22H23N3O4. The highest BCUT2D eigenvalue weighted by atomic mass is 16.5. The van der Waals surface area contributed by atoms with Gasteiger partial charge in [-0.05, 0) is 38.1 Å². The third kappa shape index (κ3) is 5.07. The van der Waals surface area contributed by atoms with Crippen molar-refractivity contribution in [2.45, 2.75) is 26.2 Å². The van der Waals surface area contributed by atoms with E-state index in [0.717, 1.165) is 11.4 Å². The first-order valence-electron chi connectivity index (χ1n) is 9.41. The van der Waals surface area contributed by atoms with Gasteiger partial charge >= 0.3 is 11.9 Å². The number of nitrogens with one attached hydrogen (secondary N) is 1. The molecule has 0 spiro atoms. The van der Waals surface area contributed by atoms with Gasteiger partial charge in [-0.2, -0.15) is 0 Å². The number of allylic oxidation sites excluding steroid dienone is 1. The second kappa shape index (κ2) is 9.64. The minimum absolute atomic E-state index is 0.0850. The van der Waals surface area contributed by atoms with Gasteiger partial charge in [0, 0.05) is 30.7 Å². The second-order valence-electron chi connectivity index (χ2n) is 6.47. The van der Waals surface area contributed by atoms with Crippen LogP contribution in [0, 0.1) is 0 Å². The summed E-state index contributed by atoms with van der Waals surface area (Å²) < 4.78 is 10.6. The summed E-state index contributed by atoms with van der Waals surface area (Å²) in [7, 11) is 0. The van der Waals surface area contributed by atoms with E-state index in [1.807, 2.05) is 36.4 Å². The van der Waals surface area contributed by atoms with Gasteiger partial charge in [0.2, 0.25) is 0 Å². The van der Waals surface area contributed by atoms with E-state index >= 15 is 0 Å². The van der Waals surface area contributed by atoms with Crippen molar-refractivity contribution in [3.05, 3.63) is 83.2 Å². The highest BCUT2D eigenvalue weighted by Gasteiger charge is 2.25. The molecule has 29 heavy (non-hydrogen) atoms. The number of hydrogen-bond acceptors (Lipinski definition) is 7. The molecule has 7 heteroatoms.